The molecule has 0 radical (unpaired) electrons. The molecular formula is C21H21N3O. The van der Waals surface area contributed by atoms with Crippen LogP contribution in [0.25, 0.3) is 0 Å². The number of nitrogens with one attached hydrogen (secondary N) is 2. The Morgan fingerprint density at radius 3 is 2.48 bits per heavy atom. The summed E-state index contributed by atoms with van der Waals surface area (Å²) >= 11 is 0. The van der Waals surface area contributed by atoms with Crippen LogP contribution >= 0.6 is 0 Å². The van der Waals surface area contributed by atoms with E-state index < -0.39 is 0 Å². The minimum absolute atomic E-state index is 0.172. The lowest BCUT2D eigenvalue weighted by molar-refractivity contribution is 0.102. The van der Waals surface area contributed by atoms with E-state index in [4.69, 9.17) is 0 Å². The predicted molar refractivity (Wildman–Crippen MR) is 102 cm³/mol. The number of pyridine rings is 1. The molecule has 3 aromatic rings. The lowest BCUT2D eigenvalue weighted by Gasteiger charge is -2.12. The van der Waals surface area contributed by atoms with Crippen molar-refractivity contribution >= 4 is 23.0 Å². The number of hydrogen-bond donors (Lipinski definition) is 2. The number of hydrogen-bond acceptors (Lipinski definition) is 3. The molecule has 4 nitrogen and oxygen atoms in total. The molecule has 0 atom stereocenters. The minimum Gasteiger partial charge on any atom is -0.354 e. The highest BCUT2D eigenvalue weighted by molar-refractivity contribution is 6.05. The van der Waals surface area contributed by atoms with Gasteiger partial charge in [-0.2, -0.15) is 0 Å². The molecule has 126 valence electrons. The van der Waals surface area contributed by atoms with E-state index >= 15 is 0 Å². The highest BCUT2D eigenvalue weighted by atomic mass is 16.1. The topological polar surface area (TPSA) is 54.0 Å². The van der Waals surface area contributed by atoms with Crippen LogP contribution in [0.4, 0.5) is 17.1 Å². The molecule has 1 amide bonds. The molecular weight excluding hydrogens is 310 g/mol. The molecule has 3 rings (SSSR count). The predicted octanol–water partition coefficient (Wildman–Crippen LogP) is 4.95. The summed E-state index contributed by atoms with van der Waals surface area (Å²) in [5, 5.41) is 6.28. The fourth-order valence-electron chi connectivity index (χ4n) is 2.65. The van der Waals surface area contributed by atoms with Crippen molar-refractivity contribution in [2.24, 2.45) is 0 Å². The van der Waals surface area contributed by atoms with Gasteiger partial charge in [0.05, 0.1) is 17.4 Å². The summed E-state index contributed by atoms with van der Waals surface area (Å²) in [5.74, 6) is -0.172. The van der Waals surface area contributed by atoms with Crippen molar-refractivity contribution in [3.63, 3.8) is 0 Å². The number of para-hydroxylation sites is 2. The van der Waals surface area contributed by atoms with Crippen LogP contribution in [0.1, 0.15) is 28.4 Å². The van der Waals surface area contributed by atoms with E-state index in [-0.39, 0.29) is 5.91 Å². The van der Waals surface area contributed by atoms with E-state index in [2.05, 4.69) is 28.6 Å². The second kappa shape index (κ2) is 7.62. The van der Waals surface area contributed by atoms with E-state index in [9.17, 15) is 4.79 Å². The van der Waals surface area contributed by atoms with Gasteiger partial charge >= 0.3 is 0 Å². The lowest BCUT2D eigenvalue weighted by atomic mass is 10.1. The quantitative estimate of drug-likeness (QED) is 0.695. The molecule has 0 aliphatic carbocycles. The normalized spacial score (nSPS) is 10.3. The van der Waals surface area contributed by atoms with E-state index in [1.54, 1.807) is 12.4 Å². The molecule has 0 saturated carbocycles. The van der Waals surface area contributed by atoms with Gasteiger partial charge in [0.15, 0.2) is 0 Å². The number of amides is 1. The number of nitrogens with zero attached hydrogens (tertiary/aromatic N) is 1. The van der Waals surface area contributed by atoms with E-state index in [0.29, 0.717) is 5.56 Å². The summed E-state index contributed by atoms with van der Waals surface area (Å²) in [6.45, 7) is 4.08. The number of benzene rings is 2. The molecule has 0 unspecified atom stereocenters. The van der Waals surface area contributed by atoms with Crippen molar-refractivity contribution in [3.05, 3.63) is 83.7 Å². The van der Waals surface area contributed by atoms with E-state index in [1.165, 1.54) is 5.56 Å². The Morgan fingerprint density at radius 2 is 1.72 bits per heavy atom. The standard InChI is InChI=1S/C21H21N3O/c1-3-16-9-5-7-11-20(16)23-18-12-17(13-22-14-18)21(25)24-19-10-6-4-8-15(19)2/h4-14,23H,3H2,1-2H3,(H,24,25). The molecule has 1 heterocycles. The molecule has 2 N–H and O–H groups in total. The fraction of sp³-hybridized carbons (Fsp3) is 0.143. The van der Waals surface area contributed by atoms with Gasteiger partial charge in [-0.15, -0.1) is 0 Å². The van der Waals surface area contributed by atoms with Crippen molar-refractivity contribution in [1.82, 2.24) is 4.98 Å². The Labute approximate surface area is 147 Å². The first-order chi connectivity index (χ1) is 12.2. The first-order valence-corrected chi connectivity index (χ1v) is 8.34. The molecule has 0 aliphatic heterocycles. The zero-order valence-corrected chi connectivity index (χ0v) is 14.4. The Hall–Kier alpha value is -3.14. The summed E-state index contributed by atoms with van der Waals surface area (Å²) in [4.78, 5) is 16.7. The van der Waals surface area contributed by atoms with Crippen molar-refractivity contribution in [2.75, 3.05) is 10.6 Å². The van der Waals surface area contributed by atoms with Crippen LogP contribution in [-0.2, 0) is 6.42 Å². The maximum Gasteiger partial charge on any atom is 0.257 e. The fourth-order valence-corrected chi connectivity index (χ4v) is 2.65. The van der Waals surface area contributed by atoms with Crippen molar-refractivity contribution in [1.29, 1.82) is 0 Å². The first-order valence-electron chi connectivity index (χ1n) is 8.34. The lowest BCUT2D eigenvalue weighted by Crippen LogP contribution is -2.13. The summed E-state index contributed by atoms with van der Waals surface area (Å²) in [6, 6.07) is 17.6. The van der Waals surface area contributed by atoms with Crippen LogP contribution in [0, 0.1) is 6.92 Å². The molecule has 0 spiro atoms. The number of carbonyl (C=O) groups excluding carboxylic acids is 1. The Kier molecular flexibility index (Phi) is 5.09. The van der Waals surface area contributed by atoms with E-state index in [0.717, 1.165) is 29.0 Å². The molecule has 0 fully saturated rings. The third kappa shape index (κ3) is 4.04. The summed E-state index contributed by atoms with van der Waals surface area (Å²) < 4.78 is 0. The average molecular weight is 331 g/mol. The summed E-state index contributed by atoms with van der Waals surface area (Å²) in [7, 11) is 0. The van der Waals surface area contributed by atoms with Crippen LogP contribution in [0.5, 0.6) is 0 Å². The van der Waals surface area contributed by atoms with Gasteiger partial charge in [-0.3, -0.25) is 9.78 Å². The number of rotatable bonds is 5. The first kappa shape index (κ1) is 16.7. The van der Waals surface area contributed by atoms with Gasteiger partial charge in [0, 0.05) is 17.6 Å². The Balaban J connectivity index is 1.79. The van der Waals surface area contributed by atoms with Crippen molar-refractivity contribution in [2.45, 2.75) is 20.3 Å². The summed E-state index contributed by atoms with van der Waals surface area (Å²) in [6.07, 6.45) is 4.23. The Bertz CT molecular complexity index is 890. The number of anilines is 3. The molecule has 0 bridgehead atoms. The van der Waals surface area contributed by atoms with Gasteiger partial charge in [0.2, 0.25) is 0 Å². The van der Waals surface area contributed by atoms with Crippen LogP contribution in [0.3, 0.4) is 0 Å². The van der Waals surface area contributed by atoms with Gasteiger partial charge in [-0.05, 0) is 42.7 Å². The number of carbonyl (C=O) groups is 1. The van der Waals surface area contributed by atoms with Gasteiger partial charge < -0.3 is 10.6 Å². The molecule has 4 heteroatoms. The molecule has 1 aromatic heterocycles. The maximum atomic E-state index is 12.5. The Morgan fingerprint density at radius 1 is 1.00 bits per heavy atom. The van der Waals surface area contributed by atoms with Gasteiger partial charge in [0.1, 0.15) is 0 Å². The number of aryl methyl sites for hydroxylation is 2. The molecule has 25 heavy (non-hydrogen) atoms. The minimum atomic E-state index is -0.172. The zero-order valence-electron chi connectivity index (χ0n) is 14.4. The smallest absolute Gasteiger partial charge is 0.257 e. The van der Waals surface area contributed by atoms with Crippen LogP contribution in [0.2, 0.25) is 0 Å². The SMILES string of the molecule is CCc1ccccc1Nc1cncc(C(=O)Nc2ccccc2C)c1. The van der Waals surface area contributed by atoms with E-state index in [1.807, 2.05) is 55.5 Å². The van der Waals surface area contributed by atoms with Crippen LogP contribution in [0.15, 0.2) is 67.0 Å². The number of aromatic nitrogens is 1. The second-order valence-electron chi connectivity index (χ2n) is 5.87. The molecule has 2 aromatic carbocycles. The van der Waals surface area contributed by atoms with Crippen molar-refractivity contribution in [3.8, 4) is 0 Å². The third-order valence-electron chi connectivity index (χ3n) is 4.07. The van der Waals surface area contributed by atoms with Crippen LogP contribution < -0.4 is 10.6 Å². The monoisotopic (exact) mass is 331 g/mol. The maximum absolute atomic E-state index is 12.5. The highest BCUT2D eigenvalue weighted by Crippen LogP contribution is 2.22. The van der Waals surface area contributed by atoms with Crippen LogP contribution in [-0.4, -0.2) is 10.9 Å². The van der Waals surface area contributed by atoms with Crippen molar-refractivity contribution < 1.29 is 4.79 Å². The van der Waals surface area contributed by atoms with Gasteiger partial charge in [-0.25, -0.2) is 0 Å². The van der Waals surface area contributed by atoms with Gasteiger partial charge in [0.25, 0.3) is 5.91 Å². The average Bonchev–Trinajstić information content (AvgIpc) is 2.64. The van der Waals surface area contributed by atoms with Gasteiger partial charge in [-0.1, -0.05) is 43.3 Å². The molecule has 0 saturated heterocycles. The largest absolute Gasteiger partial charge is 0.354 e. The second-order valence-corrected chi connectivity index (χ2v) is 5.87. The zero-order chi connectivity index (χ0) is 17.6. The summed E-state index contributed by atoms with van der Waals surface area (Å²) in [5.41, 5.74) is 5.39. The molecule has 0 aliphatic rings. The highest BCUT2D eigenvalue weighted by Gasteiger charge is 2.09. The third-order valence-corrected chi connectivity index (χ3v) is 4.07.